The van der Waals surface area contributed by atoms with Gasteiger partial charge in [0.15, 0.2) is 11.8 Å². The highest BCUT2D eigenvalue weighted by atomic mass is 35.5. The van der Waals surface area contributed by atoms with Crippen molar-refractivity contribution in [2.24, 2.45) is 0 Å². The molecule has 1 aromatic heterocycles. The number of ether oxygens (including phenoxy) is 1. The number of amides is 1. The van der Waals surface area contributed by atoms with Crippen LogP contribution in [0, 0.1) is 0 Å². The second-order valence-electron chi connectivity index (χ2n) is 5.53. The van der Waals surface area contributed by atoms with Crippen molar-refractivity contribution in [3.63, 3.8) is 0 Å². The summed E-state index contributed by atoms with van der Waals surface area (Å²) in [4.78, 5) is 28.4. The smallest absolute Gasteiger partial charge is 0.359 e. The first-order chi connectivity index (χ1) is 12.5. The van der Waals surface area contributed by atoms with Crippen molar-refractivity contribution in [1.82, 2.24) is 4.98 Å². The summed E-state index contributed by atoms with van der Waals surface area (Å²) in [5.74, 6) is -1.29. The van der Waals surface area contributed by atoms with Crippen LogP contribution in [0.2, 0.25) is 10.2 Å². The van der Waals surface area contributed by atoms with E-state index in [9.17, 15) is 9.59 Å². The van der Waals surface area contributed by atoms with Gasteiger partial charge in [-0.1, -0.05) is 59.6 Å². The van der Waals surface area contributed by atoms with E-state index in [1.165, 1.54) is 19.1 Å². The van der Waals surface area contributed by atoms with E-state index in [-0.39, 0.29) is 15.9 Å². The van der Waals surface area contributed by atoms with Gasteiger partial charge in [0.2, 0.25) is 0 Å². The molecule has 0 spiro atoms. The summed E-state index contributed by atoms with van der Waals surface area (Å²) in [6, 6.07) is 16.1. The maximum atomic E-state index is 12.4. The largest absolute Gasteiger partial charge is 0.448 e. The average Bonchev–Trinajstić information content (AvgIpc) is 2.63. The third-order valence-electron chi connectivity index (χ3n) is 3.71. The van der Waals surface area contributed by atoms with Crippen LogP contribution in [-0.2, 0) is 9.53 Å². The third kappa shape index (κ3) is 3.95. The first-order valence-electron chi connectivity index (χ1n) is 7.77. The molecule has 0 aliphatic heterocycles. The Hall–Kier alpha value is -2.63. The summed E-state index contributed by atoms with van der Waals surface area (Å²) >= 11 is 11.7. The topological polar surface area (TPSA) is 68.3 Å². The highest BCUT2D eigenvalue weighted by molar-refractivity contribution is 6.34. The molecule has 1 atom stereocenters. The molecule has 1 amide bonds. The number of fused-ring (bicyclic) bond motifs is 1. The van der Waals surface area contributed by atoms with E-state index < -0.39 is 18.0 Å². The minimum Gasteiger partial charge on any atom is -0.448 e. The van der Waals surface area contributed by atoms with Crippen LogP contribution in [0.4, 0.5) is 5.69 Å². The van der Waals surface area contributed by atoms with Crippen LogP contribution < -0.4 is 5.32 Å². The van der Waals surface area contributed by atoms with Gasteiger partial charge in [0.05, 0.1) is 5.02 Å². The zero-order valence-corrected chi connectivity index (χ0v) is 15.2. The molecule has 26 heavy (non-hydrogen) atoms. The minimum atomic E-state index is -1.04. The molecule has 2 aromatic carbocycles. The Morgan fingerprint density at radius 1 is 1.04 bits per heavy atom. The van der Waals surface area contributed by atoms with Gasteiger partial charge in [-0.05, 0) is 30.5 Å². The summed E-state index contributed by atoms with van der Waals surface area (Å²) < 4.78 is 5.16. The SMILES string of the molecule is C[C@H](OC(=O)c1nc(Cl)ccc1Cl)C(=O)Nc1cccc2ccccc12. The fourth-order valence-electron chi connectivity index (χ4n) is 2.40. The standard InChI is InChI=1S/C19H14Cl2N2O3/c1-11(26-19(25)17-14(20)9-10-16(21)23-17)18(24)22-15-8-4-6-12-5-2-3-7-13(12)15/h2-11H,1H3,(H,22,24)/t11-/m0/s1. The lowest BCUT2D eigenvalue weighted by Gasteiger charge is -2.15. The first-order valence-corrected chi connectivity index (χ1v) is 8.53. The Kier molecular flexibility index (Phi) is 5.40. The van der Waals surface area contributed by atoms with Crippen LogP contribution in [0.1, 0.15) is 17.4 Å². The van der Waals surface area contributed by atoms with Crippen molar-refractivity contribution in [3.8, 4) is 0 Å². The van der Waals surface area contributed by atoms with Crippen molar-refractivity contribution >= 4 is 51.5 Å². The molecule has 132 valence electrons. The second kappa shape index (κ2) is 7.72. The summed E-state index contributed by atoms with van der Waals surface area (Å²) in [6.45, 7) is 1.47. The molecule has 0 unspecified atom stereocenters. The molecular formula is C19H14Cl2N2O3. The number of hydrogen-bond acceptors (Lipinski definition) is 4. The molecular weight excluding hydrogens is 375 g/mol. The van der Waals surface area contributed by atoms with Gasteiger partial charge in [0, 0.05) is 11.1 Å². The highest BCUT2D eigenvalue weighted by Gasteiger charge is 2.22. The number of carbonyl (C=O) groups is 2. The summed E-state index contributed by atoms with van der Waals surface area (Å²) in [5.41, 5.74) is 0.499. The second-order valence-corrected chi connectivity index (χ2v) is 6.32. The third-order valence-corrected chi connectivity index (χ3v) is 4.22. The lowest BCUT2D eigenvalue weighted by atomic mass is 10.1. The number of rotatable bonds is 4. The minimum absolute atomic E-state index is 0.0982. The number of hydrogen-bond donors (Lipinski definition) is 1. The van der Waals surface area contributed by atoms with E-state index in [0.717, 1.165) is 10.8 Å². The summed E-state index contributed by atoms with van der Waals surface area (Å²) in [7, 11) is 0. The zero-order chi connectivity index (χ0) is 18.7. The van der Waals surface area contributed by atoms with Crippen LogP contribution >= 0.6 is 23.2 Å². The van der Waals surface area contributed by atoms with E-state index in [0.29, 0.717) is 5.69 Å². The van der Waals surface area contributed by atoms with E-state index in [4.69, 9.17) is 27.9 Å². The lowest BCUT2D eigenvalue weighted by Crippen LogP contribution is -2.30. The average molecular weight is 389 g/mol. The van der Waals surface area contributed by atoms with Crippen molar-refractivity contribution in [2.45, 2.75) is 13.0 Å². The Labute approximate surface area is 159 Å². The number of aromatic nitrogens is 1. The highest BCUT2D eigenvalue weighted by Crippen LogP contribution is 2.23. The fraction of sp³-hybridized carbons (Fsp3) is 0.105. The molecule has 3 rings (SSSR count). The Balaban J connectivity index is 1.73. The Morgan fingerprint density at radius 2 is 1.77 bits per heavy atom. The number of carbonyl (C=O) groups excluding carboxylic acids is 2. The number of nitrogens with zero attached hydrogens (tertiary/aromatic N) is 1. The molecule has 0 aliphatic rings. The lowest BCUT2D eigenvalue weighted by molar-refractivity contribution is -0.123. The molecule has 5 nitrogen and oxygen atoms in total. The molecule has 1 heterocycles. The van der Waals surface area contributed by atoms with Gasteiger partial charge in [0.1, 0.15) is 5.15 Å². The number of halogens is 2. The van der Waals surface area contributed by atoms with Gasteiger partial charge in [-0.25, -0.2) is 9.78 Å². The fourth-order valence-corrected chi connectivity index (χ4v) is 2.73. The van der Waals surface area contributed by atoms with Gasteiger partial charge >= 0.3 is 5.97 Å². The van der Waals surface area contributed by atoms with Gasteiger partial charge < -0.3 is 10.1 Å². The van der Waals surface area contributed by atoms with E-state index in [1.807, 2.05) is 36.4 Å². The van der Waals surface area contributed by atoms with Gasteiger partial charge in [0.25, 0.3) is 5.91 Å². The summed E-state index contributed by atoms with van der Waals surface area (Å²) in [5, 5.41) is 4.86. The maximum Gasteiger partial charge on any atom is 0.359 e. The number of esters is 1. The Morgan fingerprint density at radius 3 is 2.58 bits per heavy atom. The molecule has 0 aliphatic carbocycles. The van der Waals surface area contributed by atoms with E-state index in [1.54, 1.807) is 6.07 Å². The van der Waals surface area contributed by atoms with E-state index in [2.05, 4.69) is 10.3 Å². The van der Waals surface area contributed by atoms with Crippen LogP contribution in [0.15, 0.2) is 54.6 Å². The molecule has 0 radical (unpaired) electrons. The number of anilines is 1. The van der Waals surface area contributed by atoms with Crippen LogP contribution in [0.5, 0.6) is 0 Å². The molecule has 3 aromatic rings. The van der Waals surface area contributed by atoms with Crippen molar-refractivity contribution < 1.29 is 14.3 Å². The van der Waals surface area contributed by atoms with Gasteiger partial charge in [-0.2, -0.15) is 0 Å². The maximum absolute atomic E-state index is 12.4. The molecule has 0 saturated carbocycles. The van der Waals surface area contributed by atoms with Crippen LogP contribution in [0.3, 0.4) is 0 Å². The predicted octanol–water partition coefficient (Wildman–Crippen LogP) is 4.73. The van der Waals surface area contributed by atoms with E-state index >= 15 is 0 Å². The normalized spacial score (nSPS) is 11.8. The monoisotopic (exact) mass is 388 g/mol. The number of nitrogens with one attached hydrogen (secondary N) is 1. The molecule has 1 N–H and O–H groups in total. The van der Waals surface area contributed by atoms with Crippen LogP contribution in [0.25, 0.3) is 10.8 Å². The molecule has 0 fully saturated rings. The van der Waals surface area contributed by atoms with Crippen molar-refractivity contribution in [1.29, 1.82) is 0 Å². The van der Waals surface area contributed by atoms with Gasteiger partial charge in [-0.15, -0.1) is 0 Å². The zero-order valence-electron chi connectivity index (χ0n) is 13.7. The van der Waals surface area contributed by atoms with Crippen molar-refractivity contribution in [2.75, 3.05) is 5.32 Å². The summed E-state index contributed by atoms with van der Waals surface area (Å²) in [6.07, 6.45) is -1.04. The number of benzene rings is 2. The predicted molar refractivity (Wildman–Crippen MR) is 102 cm³/mol. The molecule has 0 bridgehead atoms. The van der Waals surface area contributed by atoms with Crippen LogP contribution in [-0.4, -0.2) is 23.0 Å². The molecule has 0 saturated heterocycles. The van der Waals surface area contributed by atoms with Gasteiger partial charge in [-0.3, -0.25) is 4.79 Å². The first kappa shape index (κ1) is 18.2. The Bertz CT molecular complexity index is 986. The van der Waals surface area contributed by atoms with Crippen molar-refractivity contribution in [3.05, 3.63) is 70.5 Å². The quantitative estimate of drug-likeness (QED) is 0.518. The molecule has 7 heteroatoms. The number of pyridine rings is 1.